The maximum absolute atomic E-state index is 6.12. The molecule has 0 bridgehead atoms. The molecule has 1 aromatic carbocycles. The molecule has 21 heavy (non-hydrogen) atoms. The molecule has 3 nitrogen and oxygen atoms in total. The van der Waals surface area contributed by atoms with E-state index in [9.17, 15) is 0 Å². The van der Waals surface area contributed by atoms with Gasteiger partial charge in [-0.3, -0.25) is 4.68 Å². The second-order valence-electron chi connectivity index (χ2n) is 5.13. The van der Waals surface area contributed by atoms with Crippen molar-refractivity contribution < 1.29 is 0 Å². The average molecular weight is 304 g/mol. The lowest BCUT2D eigenvalue weighted by atomic mass is 10.0. The quantitative estimate of drug-likeness (QED) is 0.748. The number of aryl methyl sites for hydroxylation is 2. The maximum Gasteiger partial charge on any atom is 0.0853 e. The molecule has 0 saturated carbocycles. The Morgan fingerprint density at radius 2 is 2.29 bits per heavy atom. The minimum absolute atomic E-state index is 0.205. The molecule has 0 aliphatic carbocycles. The fraction of sp³-hybridized carbons (Fsp3) is 0.353. The van der Waals surface area contributed by atoms with Crippen molar-refractivity contribution in [3.63, 3.8) is 0 Å². The number of nitrogens with zero attached hydrogens (tertiary/aromatic N) is 2. The van der Waals surface area contributed by atoms with Gasteiger partial charge in [-0.05, 0) is 37.0 Å². The topological polar surface area (TPSA) is 29.9 Å². The number of halogens is 1. The van der Waals surface area contributed by atoms with Crippen LogP contribution in [0.3, 0.4) is 0 Å². The number of allylic oxidation sites excluding steroid dienone is 1. The van der Waals surface area contributed by atoms with Gasteiger partial charge in [-0.1, -0.05) is 36.7 Å². The Balaban J connectivity index is 2.25. The van der Waals surface area contributed by atoms with Crippen molar-refractivity contribution in [2.45, 2.75) is 32.2 Å². The summed E-state index contributed by atoms with van der Waals surface area (Å²) in [6, 6.07) is 8.22. The Morgan fingerprint density at radius 1 is 1.48 bits per heavy atom. The van der Waals surface area contributed by atoms with E-state index >= 15 is 0 Å². The third-order valence-corrected chi connectivity index (χ3v) is 3.72. The Morgan fingerprint density at radius 3 is 2.95 bits per heavy atom. The summed E-state index contributed by atoms with van der Waals surface area (Å²) < 4.78 is 1.85. The normalized spacial score (nSPS) is 12.1. The van der Waals surface area contributed by atoms with Crippen molar-refractivity contribution in [1.82, 2.24) is 9.78 Å². The zero-order chi connectivity index (χ0) is 15.2. The molecule has 1 N–H and O–H groups in total. The SMILES string of the molecule is C=CCCC(Nc1cn(C)nc1CC)c1cccc(Cl)c1. The van der Waals surface area contributed by atoms with E-state index in [0.717, 1.165) is 35.7 Å². The molecule has 1 aromatic heterocycles. The lowest BCUT2D eigenvalue weighted by Gasteiger charge is -2.20. The van der Waals surface area contributed by atoms with Gasteiger partial charge in [0.2, 0.25) is 0 Å². The number of rotatable bonds is 7. The summed E-state index contributed by atoms with van der Waals surface area (Å²) in [6.45, 7) is 5.94. The van der Waals surface area contributed by atoms with Crippen LogP contribution < -0.4 is 5.32 Å². The number of anilines is 1. The largest absolute Gasteiger partial charge is 0.375 e. The van der Waals surface area contributed by atoms with E-state index in [1.807, 2.05) is 42.2 Å². The van der Waals surface area contributed by atoms with Crippen molar-refractivity contribution in [1.29, 1.82) is 0 Å². The third-order valence-electron chi connectivity index (χ3n) is 3.48. The van der Waals surface area contributed by atoms with E-state index < -0.39 is 0 Å². The van der Waals surface area contributed by atoms with Crippen molar-refractivity contribution in [3.8, 4) is 0 Å². The van der Waals surface area contributed by atoms with E-state index in [2.05, 4.69) is 30.0 Å². The van der Waals surface area contributed by atoms with Crippen molar-refractivity contribution >= 4 is 17.3 Å². The number of nitrogens with one attached hydrogen (secondary N) is 1. The van der Waals surface area contributed by atoms with E-state index in [1.165, 1.54) is 5.56 Å². The minimum Gasteiger partial charge on any atom is -0.375 e. The van der Waals surface area contributed by atoms with E-state index in [0.29, 0.717) is 0 Å². The van der Waals surface area contributed by atoms with Gasteiger partial charge in [-0.25, -0.2) is 0 Å². The van der Waals surface area contributed by atoms with Crippen LogP contribution in [-0.2, 0) is 13.5 Å². The summed E-state index contributed by atoms with van der Waals surface area (Å²) in [5.41, 5.74) is 3.37. The number of benzene rings is 1. The summed E-state index contributed by atoms with van der Waals surface area (Å²) >= 11 is 6.12. The highest BCUT2D eigenvalue weighted by atomic mass is 35.5. The molecule has 0 spiro atoms. The first-order valence-corrected chi connectivity index (χ1v) is 7.67. The molecule has 1 heterocycles. The molecule has 0 aliphatic rings. The van der Waals surface area contributed by atoms with Crippen LogP contribution in [0.2, 0.25) is 5.02 Å². The van der Waals surface area contributed by atoms with Crippen LogP contribution in [0.25, 0.3) is 0 Å². The monoisotopic (exact) mass is 303 g/mol. The predicted molar refractivity (Wildman–Crippen MR) is 89.8 cm³/mol. The molecule has 1 atom stereocenters. The average Bonchev–Trinajstić information content (AvgIpc) is 2.83. The number of aromatic nitrogens is 2. The van der Waals surface area contributed by atoms with Gasteiger partial charge in [0.25, 0.3) is 0 Å². The van der Waals surface area contributed by atoms with Gasteiger partial charge < -0.3 is 5.32 Å². The van der Waals surface area contributed by atoms with Crippen molar-refractivity contribution in [2.24, 2.45) is 7.05 Å². The van der Waals surface area contributed by atoms with Crippen LogP contribution in [0.15, 0.2) is 43.1 Å². The summed E-state index contributed by atoms with van der Waals surface area (Å²) in [6.07, 6.45) is 6.81. The molecule has 0 radical (unpaired) electrons. The highest BCUT2D eigenvalue weighted by molar-refractivity contribution is 6.30. The van der Waals surface area contributed by atoms with Crippen LogP contribution in [0.4, 0.5) is 5.69 Å². The standard InChI is InChI=1S/C17H22ClN3/c1-4-6-10-16(13-8-7-9-14(18)11-13)19-17-12-21(3)20-15(17)5-2/h4,7-9,11-12,16,19H,1,5-6,10H2,2-3H3. The molecule has 2 aromatic rings. The summed E-state index contributed by atoms with van der Waals surface area (Å²) in [5, 5.41) is 8.85. The molecule has 4 heteroatoms. The van der Waals surface area contributed by atoms with Crippen LogP contribution in [0.1, 0.15) is 37.1 Å². The smallest absolute Gasteiger partial charge is 0.0853 e. The second kappa shape index (κ2) is 7.32. The molecular formula is C17H22ClN3. The molecular weight excluding hydrogens is 282 g/mol. The first-order valence-electron chi connectivity index (χ1n) is 7.29. The lowest BCUT2D eigenvalue weighted by molar-refractivity contribution is 0.704. The zero-order valence-electron chi connectivity index (χ0n) is 12.6. The first kappa shape index (κ1) is 15.6. The lowest BCUT2D eigenvalue weighted by Crippen LogP contribution is -2.11. The maximum atomic E-state index is 6.12. The van der Waals surface area contributed by atoms with Crippen LogP contribution >= 0.6 is 11.6 Å². The molecule has 2 rings (SSSR count). The second-order valence-corrected chi connectivity index (χ2v) is 5.57. The fourth-order valence-electron chi connectivity index (χ4n) is 2.43. The van der Waals surface area contributed by atoms with Gasteiger partial charge in [0.15, 0.2) is 0 Å². The van der Waals surface area contributed by atoms with Gasteiger partial charge >= 0.3 is 0 Å². The fourth-order valence-corrected chi connectivity index (χ4v) is 2.63. The highest BCUT2D eigenvalue weighted by Crippen LogP contribution is 2.27. The molecule has 0 fully saturated rings. The molecule has 112 valence electrons. The minimum atomic E-state index is 0.205. The van der Waals surface area contributed by atoms with E-state index in [4.69, 9.17) is 11.6 Å². The Labute approximate surface area is 131 Å². The van der Waals surface area contributed by atoms with Crippen LogP contribution in [-0.4, -0.2) is 9.78 Å². The van der Waals surface area contributed by atoms with Gasteiger partial charge in [0.1, 0.15) is 0 Å². The third kappa shape index (κ3) is 4.11. The number of hydrogen-bond acceptors (Lipinski definition) is 2. The molecule has 0 aliphatic heterocycles. The van der Waals surface area contributed by atoms with Crippen LogP contribution in [0.5, 0.6) is 0 Å². The highest BCUT2D eigenvalue weighted by Gasteiger charge is 2.14. The van der Waals surface area contributed by atoms with E-state index in [1.54, 1.807) is 0 Å². The van der Waals surface area contributed by atoms with Crippen molar-refractivity contribution in [2.75, 3.05) is 5.32 Å². The van der Waals surface area contributed by atoms with Gasteiger partial charge in [-0.2, -0.15) is 5.10 Å². The Hall–Kier alpha value is -1.74. The Kier molecular flexibility index (Phi) is 5.45. The number of hydrogen-bond donors (Lipinski definition) is 1. The van der Waals surface area contributed by atoms with Gasteiger partial charge in [-0.15, -0.1) is 6.58 Å². The van der Waals surface area contributed by atoms with E-state index in [-0.39, 0.29) is 6.04 Å². The van der Waals surface area contributed by atoms with Gasteiger partial charge in [0.05, 0.1) is 17.4 Å². The Bertz CT molecular complexity index is 604. The summed E-state index contributed by atoms with van der Waals surface area (Å²) in [7, 11) is 1.95. The zero-order valence-corrected chi connectivity index (χ0v) is 13.4. The summed E-state index contributed by atoms with van der Waals surface area (Å²) in [5.74, 6) is 0. The van der Waals surface area contributed by atoms with Crippen LogP contribution in [0, 0.1) is 0 Å². The molecule has 0 saturated heterocycles. The van der Waals surface area contributed by atoms with Gasteiger partial charge in [0, 0.05) is 18.3 Å². The summed E-state index contributed by atoms with van der Waals surface area (Å²) in [4.78, 5) is 0. The molecule has 0 amide bonds. The molecule has 1 unspecified atom stereocenters. The van der Waals surface area contributed by atoms with Crippen molar-refractivity contribution in [3.05, 3.63) is 59.4 Å². The first-order chi connectivity index (χ1) is 10.1. The predicted octanol–water partition coefficient (Wildman–Crippen LogP) is 4.76.